The van der Waals surface area contributed by atoms with Crippen LogP contribution in [0.5, 0.6) is 11.5 Å². The first kappa shape index (κ1) is 23.1. The molecule has 2 aromatic rings. The first-order valence-corrected chi connectivity index (χ1v) is 11.5. The normalized spacial score (nSPS) is 14.2. The van der Waals surface area contributed by atoms with Crippen LogP contribution in [0.2, 0.25) is 0 Å². The molecule has 0 aromatic heterocycles. The fourth-order valence-electron chi connectivity index (χ4n) is 3.68. The van der Waals surface area contributed by atoms with Crippen LogP contribution < -0.4 is 14.8 Å². The minimum atomic E-state index is -0.0778. The number of benzene rings is 2. The lowest BCUT2D eigenvalue weighted by molar-refractivity contribution is -0.133. The highest BCUT2D eigenvalue weighted by atomic mass is 79.9. The molecule has 2 amide bonds. The Hall–Kier alpha value is -2.54. The van der Waals surface area contributed by atoms with Crippen LogP contribution in [-0.4, -0.2) is 43.0 Å². The number of carbonyl (C=O) groups excluding carboxylic acids is 2. The van der Waals surface area contributed by atoms with Gasteiger partial charge in [0.15, 0.2) is 11.5 Å². The number of anilines is 1. The molecule has 2 aromatic carbocycles. The summed E-state index contributed by atoms with van der Waals surface area (Å²) in [5.74, 6) is 1.30. The number of likely N-dealkylation sites (tertiary alicyclic amines) is 1. The lowest BCUT2D eigenvalue weighted by atomic mass is 9.95. The molecule has 1 heterocycles. The van der Waals surface area contributed by atoms with Crippen molar-refractivity contribution in [2.45, 2.75) is 33.1 Å². The van der Waals surface area contributed by atoms with Gasteiger partial charge in [-0.3, -0.25) is 9.59 Å². The maximum Gasteiger partial charge on any atom is 0.227 e. The molecule has 1 N–H and O–H groups in total. The SMILES string of the molecule is CCOc1cc(Br)c(CC(=O)N2CCC(C(=O)Nc3ccccc3)CC2)cc1OCC. The van der Waals surface area contributed by atoms with Crippen LogP contribution in [0.4, 0.5) is 5.69 Å². The molecule has 0 atom stereocenters. The second-order valence-corrected chi connectivity index (χ2v) is 8.30. The summed E-state index contributed by atoms with van der Waals surface area (Å²) >= 11 is 3.56. The summed E-state index contributed by atoms with van der Waals surface area (Å²) in [5.41, 5.74) is 1.66. The molecule has 0 spiro atoms. The molecule has 7 heteroatoms. The monoisotopic (exact) mass is 488 g/mol. The lowest BCUT2D eigenvalue weighted by Gasteiger charge is -2.31. The molecule has 0 unspecified atom stereocenters. The number of para-hydroxylation sites is 1. The Morgan fingerprint density at radius 3 is 2.26 bits per heavy atom. The molecule has 0 bridgehead atoms. The predicted molar refractivity (Wildman–Crippen MR) is 125 cm³/mol. The van der Waals surface area contributed by atoms with Crippen molar-refractivity contribution in [3.05, 3.63) is 52.5 Å². The van der Waals surface area contributed by atoms with E-state index in [2.05, 4.69) is 21.2 Å². The van der Waals surface area contributed by atoms with Gasteiger partial charge in [0.2, 0.25) is 11.8 Å². The zero-order chi connectivity index (χ0) is 22.2. The van der Waals surface area contributed by atoms with Gasteiger partial charge >= 0.3 is 0 Å². The van der Waals surface area contributed by atoms with Crippen molar-refractivity contribution >= 4 is 33.4 Å². The Kier molecular flexibility index (Phi) is 8.35. The third-order valence-corrected chi connectivity index (χ3v) is 6.05. The first-order chi connectivity index (χ1) is 15.0. The zero-order valence-electron chi connectivity index (χ0n) is 18.0. The topological polar surface area (TPSA) is 67.9 Å². The summed E-state index contributed by atoms with van der Waals surface area (Å²) in [7, 11) is 0. The van der Waals surface area contributed by atoms with Crippen LogP contribution in [0.1, 0.15) is 32.3 Å². The van der Waals surface area contributed by atoms with E-state index in [0.717, 1.165) is 15.7 Å². The van der Waals surface area contributed by atoms with Crippen LogP contribution in [0.3, 0.4) is 0 Å². The standard InChI is InChI=1S/C24H29BrN2O4/c1-3-30-21-14-18(20(25)16-22(21)31-4-2)15-23(28)27-12-10-17(11-13-27)24(29)26-19-8-6-5-7-9-19/h5-9,14,16-17H,3-4,10-13,15H2,1-2H3,(H,26,29). The molecule has 0 saturated carbocycles. The summed E-state index contributed by atoms with van der Waals surface area (Å²) in [6.07, 6.45) is 1.60. The van der Waals surface area contributed by atoms with Gasteiger partial charge in [-0.05, 0) is 56.5 Å². The highest BCUT2D eigenvalue weighted by molar-refractivity contribution is 9.10. The quantitative estimate of drug-likeness (QED) is 0.586. The van der Waals surface area contributed by atoms with E-state index in [1.807, 2.05) is 61.2 Å². The predicted octanol–water partition coefficient (Wildman–Crippen LogP) is 4.67. The molecule has 0 aliphatic carbocycles. The van der Waals surface area contributed by atoms with Gasteiger partial charge in [0.1, 0.15) is 0 Å². The van der Waals surface area contributed by atoms with E-state index < -0.39 is 0 Å². The lowest BCUT2D eigenvalue weighted by Crippen LogP contribution is -2.42. The van der Waals surface area contributed by atoms with E-state index in [1.54, 1.807) is 0 Å². The van der Waals surface area contributed by atoms with E-state index in [4.69, 9.17) is 9.47 Å². The van der Waals surface area contributed by atoms with E-state index >= 15 is 0 Å². The number of nitrogens with one attached hydrogen (secondary N) is 1. The number of ether oxygens (including phenoxy) is 2. The second-order valence-electron chi connectivity index (χ2n) is 7.44. The Balaban J connectivity index is 1.57. The molecule has 0 radical (unpaired) electrons. The van der Waals surface area contributed by atoms with Crippen molar-refractivity contribution in [1.29, 1.82) is 0 Å². The van der Waals surface area contributed by atoms with Crippen LogP contribution >= 0.6 is 15.9 Å². The number of nitrogens with zero attached hydrogens (tertiary/aromatic N) is 1. The fraction of sp³-hybridized carbons (Fsp3) is 0.417. The van der Waals surface area contributed by atoms with Gasteiger partial charge in [0.25, 0.3) is 0 Å². The van der Waals surface area contributed by atoms with Crippen molar-refractivity contribution in [3.8, 4) is 11.5 Å². The Morgan fingerprint density at radius 1 is 1.03 bits per heavy atom. The summed E-state index contributed by atoms with van der Waals surface area (Å²) in [6, 6.07) is 13.2. The Bertz CT molecular complexity index is 896. The Morgan fingerprint density at radius 2 is 1.65 bits per heavy atom. The first-order valence-electron chi connectivity index (χ1n) is 10.7. The molecular weight excluding hydrogens is 460 g/mol. The van der Waals surface area contributed by atoms with Gasteiger partial charge in [0, 0.05) is 29.2 Å². The van der Waals surface area contributed by atoms with Gasteiger partial charge < -0.3 is 19.7 Å². The smallest absolute Gasteiger partial charge is 0.227 e. The molecule has 166 valence electrons. The number of carbonyl (C=O) groups is 2. The van der Waals surface area contributed by atoms with E-state index in [0.29, 0.717) is 50.6 Å². The van der Waals surface area contributed by atoms with Gasteiger partial charge in [-0.1, -0.05) is 34.1 Å². The molecule has 31 heavy (non-hydrogen) atoms. The second kappa shape index (κ2) is 11.2. The van der Waals surface area contributed by atoms with Crippen molar-refractivity contribution in [3.63, 3.8) is 0 Å². The summed E-state index contributed by atoms with van der Waals surface area (Å²) in [6.45, 7) is 6.06. The number of halogens is 1. The van der Waals surface area contributed by atoms with E-state index in [-0.39, 0.29) is 24.2 Å². The molecular formula is C24H29BrN2O4. The number of piperidine rings is 1. The number of hydrogen-bond acceptors (Lipinski definition) is 4. The number of rotatable bonds is 8. The van der Waals surface area contributed by atoms with Gasteiger partial charge in [-0.15, -0.1) is 0 Å². The van der Waals surface area contributed by atoms with Crippen molar-refractivity contribution in [1.82, 2.24) is 4.90 Å². The molecule has 1 aliphatic heterocycles. The maximum atomic E-state index is 12.9. The highest BCUT2D eigenvalue weighted by Crippen LogP contribution is 2.34. The minimum absolute atomic E-state index is 0.0221. The third kappa shape index (κ3) is 6.23. The van der Waals surface area contributed by atoms with Crippen molar-refractivity contribution in [2.24, 2.45) is 5.92 Å². The average molecular weight is 489 g/mol. The van der Waals surface area contributed by atoms with Crippen LogP contribution in [0.25, 0.3) is 0 Å². The molecule has 6 nitrogen and oxygen atoms in total. The molecule has 1 fully saturated rings. The van der Waals surface area contributed by atoms with Crippen LogP contribution in [0, 0.1) is 5.92 Å². The zero-order valence-corrected chi connectivity index (χ0v) is 19.6. The molecule has 3 rings (SSSR count). The average Bonchev–Trinajstić information content (AvgIpc) is 2.78. The van der Waals surface area contributed by atoms with Crippen LogP contribution in [-0.2, 0) is 16.0 Å². The molecule has 1 aliphatic rings. The number of hydrogen-bond donors (Lipinski definition) is 1. The van der Waals surface area contributed by atoms with E-state index in [9.17, 15) is 9.59 Å². The molecule has 1 saturated heterocycles. The summed E-state index contributed by atoms with van der Waals surface area (Å²) < 4.78 is 12.1. The largest absolute Gasteiger partial charge is 0.490 e. The highest BCUT2D eigenvalue weighted by Gasteiger charge is 2.28. The van der Waals surface area contributed by atoms with Gasteiger partial charge in [0.05, 0.1) is 19.6 Å². The van der Waals surface area contributed by atoms with E-state index in [1.165, 1.54) is 0 Å². The Labute approximate surface area is 192 Å². The summed E-state index contributed by atoms with van der Waals surface area (Å²) in [5, 5.41) is 2.96. The van der Waals surface area contributed by atoms with Gasteiger partial charge in [-0.25, -0.2) is 0 Å². The maximum absolute atomic E-state index is 12.9. The van der Waals surface area contributed by atoms with Crippen molar-refractivity contribution < 1.29 is 19.1 Å². The van der Waals surface area contributed by atoms with Gasteiger partial charge in [-0.2, -0.15) is 0 Å². The minimum Gasteiger partial charge on any atom is -0.490 e. The van der Waals surface area contributed by atoms with Crippen molar-refractivity contribution in [2.75, 3.05) is 31.6 Å². The van der Waals surface area contributed by atoms with Crippen LogP contribution in [0.15, 0.2) is 46.9 Å². The fourth-order valence-corrected chi connectivity index (χ4v) is 4.14. The third-order valence-electron chi connectivity index (χ3n) is 5.31. The number of amides is 2. The summed E-state index contributed by atoms with van der Waals surface area (Å²) in [4.78, 5) is 27.3.